The fourth-order valence-corrected chi connectivity index (χ4v) is 2.26. The summed E-state index contributed by atoms with van der Waals surface area (Å²) in [5.74, 6) is 0.784. The van der Waals surface area contributed by atoms with Gasteiger partial charge in [-0.3, -0.25) is 4.68 Å². The Morgan fingerprint density at radius 1 is 1.27 bits per heavy atom. The third kappa shape index (κ3) is 4.58. The molecule has 0 aliphatic carbocycles. The average Bonchev–Trinajstić information content (AvgIpc) is 2.90. The number of nitrogens with one attached hydrogen (secondary N) is 1. The zero-order valence-corrected chi connectivity index (χ0v) is 13.7. The van der Waals surface area contributed by atoms with Crippen molar-refractivity contribution >= 4 is 0 Å². The van der Waals surface area contributed by atoms with Gasteiger partial charge in [-0.05, 0) is 38.5 Å². The largest absolute Gasteiger partial charge is 0.491 e. The average molecular weight is 303 g/mol. The third-order valence-corrected chi connectivity index (χ3v) is 3.46. The van der Waals surface area contributed by atoms with Crippen molar-refractivity contribution < 1.29 is 9.84 Å². The maximum Gasteiger partial charge on any atom is 0.120 e. The van der Waals surface area contributed by atoms with Gasteiger partial charge in [0.2, 0.25) is 0 Å². The molecule has 0 aliphatic heterocycles. The molecule has 0 radical (unpaired) electrons. The van der Waals surface area contributed by atoms with Crippen LogP contribution < -0.4 is 10.1 Å². The smallest absolute Gasteiger partial charge is 0.120 e. The maximum atomic E-state index is 10.3. The number of aryl methyl sites for hydroxylation is 1. The first-order chi connectivity index (χ1) is 10.5. The zero-order chi connectivity index (χ0) is 16.1. The van der Waals surface area contributed by atoms with Gasteiger partial charge in [-0.15, -0.1) is 0 Å². The predicted molar refractivity (Wildman–Crippen MR) is 86.8 cm³/mol. The molecule has 22 heavy (non-hydrogen) atoms. The third-order valence-electron chi connectivity index (χ3n) is 3.46. The van der Waals surface area contributed by atoms with Crippen molar-refractivity contribution in [2.75, 3.05) is 6.54 Å². The van der Waals surface area contributed by atoms with E-state index in [0.717, 1.165) is 16.9 Å². The van der Waals surface area contributed by atoms with Crippen molar-refractivity contribution in [2.45, 2.75) is 39.0 Å². The molecule has 0 saturated heterocycles. The first-order valence-corrected chi connectivity index (χ1v) is 7.62. The minimum absolute atomic E-state index is 0.121. The molecular weight excluding hydrogens is 278 g/mol. The van der Waals surface area contributed by atoms with Crippen molar-refractivity contribution in [2.24, 2.45) is 7.05 Å². The van der Waals surface area contributed by atoms with Crippen LogP contribution >= 0.6 is 0 Å². The van der Waals surface area contributed by atoms with Crippen LogP contribution in [0, 0.1) is 0 Å². The first-order valence-electron chi connectivity index (χ1n) is 7.62. The van der Waals surface area contributed by atoms with E-state index in [9.17, 15) is 5.11 Å². The molecule has 0 spiro atoms. The van der Waals surface area contributed by atoms with Gasteiger partial charge < -0.3 is 15.2 Å². The SMILES string of the molecule is CC(C)Oc1cccc(C(O)CNC(C)c2cnn(C)c2)c1. The number of hydrogen-bond donors (Lipinski definition) is 2. The van der Waals surface area contributed by atoms with Crippen LogP contribution in [0.15, 0.2) is 36.7 Å². The van der Waals surface area contributed by atoms with Crippen molar-refractivity contribution in [1.29, 1.82) is 0 Å². The van der Waals surface area contributed by atoms with Crippen molar-refractivity contribution in [3.63, 3.8) is 0 Å². The Morgan fingerprint density at radius 2 is 2.05 bits per heavy atom. The Balaban J connectivity index is 1.93. The van der Waals surface area contributed by atoms with Crippen LogP contribution in [-0.2, 0) is 7.05 Å². The van der Waals surface area contributed by atoms with Crippen LogP contribution in [0.5, 0.6) is 5.75 Å². The number of hydrogen-bond acceptors (Lipinski definition) is 4. The number of aromatic nitrogens is 2. The minimum Gasteiger partial charge on any atom is -0.491 e. The molecule has 2 atom stereocenters. The summed E-state index contributed by atoms with van der Waals surface area (Å²) in [6, 6.07) is 7.75. The summed E-state index contributed by atoms with van der Waals surface area (Å²) < 4.78 is 7.43. The summed E-state index contributed by atoms with van der Waals surface area (Å²) in [7, 11) is 1.89. The summed E-state index contributed by atoms with van der Waals surface area (Å²) in [4.78, 5) is 0. The van der Waals surface area contributed by atoms with Gasteiger partial charge in [0.1, 0.15) is 5.75 Å². The summed E-state index contributed by atoms with van der Waals surface area (Å²) >= 11 is 0. The van der Waals surface area contributed by atoms with Crippen LogP contribution in [0.3, 0.4) is 0 Å². The number of benzene rings is 1. The highest BCUT2D eigenvalue weighted by Gasteiger charge is 2.12. The molecule has 1 aromatic heterocycles. The van der Waals surface area contributed by atoms with E-state index >= 15 is 0 Å². The van der Waals surface area contributed by atoms with E-state index in [2.05, 4.69) is 17.3 Å². The Bertz CT molecular complexity index is 595. The Labute approximate surface area is 131 Å². The van der Waals surface area contributed by atoms with Gasteiger partial charge in [-0.2, -0.15) is 5.10 Å². The van der Waals surface area contributed by atoms with E-state index in [1.165, 1.54) is 0 Å². The van der Waals surface area contributed by atoms with Crippen molar-refractivity contribution in [3.05, 3.63) is 47.8 Å². The van der Waals surface area contributed by atoms with Crippen LogP contribution in [0.2, 0.25) is 0 Å². The van der Waals surface area contributed by atoms with Gasteiger partial charge in [0.15, 0.2) is 0 Å². The number of aliphatic hydroxyl groups is 1. The molecule has 0 amide bonds. The molecule has 0 aliphatic rings. The van der Waals surface area contributed by atoms with Crippen molar-refractivity contribution in [1.82, 2.24) is 15.1 Å². The van der Waals surface area contributed by atoms with Gasteiger partial charge >= 0.3 is 0 Å². The Morgan fingerprint density at radius 3 is 2.68 bits per heavy atom. The molecular formula is C17H25N3O2. The first kappa shape index (κ1) is 16.5. The lowest BCUT2D eigenvalue weighted by molar-refractivity contribution is 0.169. The molecule has 2 unspecified atom stereocenters. The molecule has 1 heterocycles. The van der Waals surface area contributed by atoms with Gasteiger partial charge in [0, 0.05) is 31.4 Å². The molecule has 2 N–H and O–H groups in total. The fraction of sp³-hybridized carbons (Fsp3) is 0.471. The topological polar surface area (TPSA) is 59.3 Å². The van der Waals surface area contributed by atoms with E-state index in [1.807, 2.05) is 57.6 Å². The lowest BCUT2D eigenvalue weighted by Gasteiger charge is -2.17. The quantitative estimate of drug-likeness (QED) is 0.825. The van der Waals surface area contributed by atoms with Gasteiger partial charge in [0.05, 0.1) is 18.4 Å². The maximum absolute atomic E-state index is 10.3. The van der Waals surface area contributed by atoms with E-state index in [0.29, 0.717) is 6.54 Å². The molecule has 2 aromatic rings. The number of nitrogens with zero attached hydrogens (tertiary/aromatic N) is 2. The van der Waals surface area contributed by atoms with Gasteiger partial charge in [-0.25, -0.2) is 0 Å². The van der Waals surface area contributed by atoms with Crippen LogP contribution in [0.4, 0.5) is 0 Å². The normalized spacial score (nSPS) is 14.1. The van der Waals surface area contributed by atoms with Crippen molar-refractivity contribution in [3.8, 4) is 5.75 Å². The molecule has 120 valence electrons. The second kappa shape index (κ2) is 7.42. The highest BCUT2D eigenvalue weighted by atomic mass is 16.5. The molecule has 0 saturated carbocycles. The van der Waals surface area contributed by atoms with E-state index in [4.69, 9.17) is 4.74 Å². The molecule has 2 rings (SSSR count). The van der Waals surface area contributed by atoms with Gasteiger partial charge in [0.25, 0.3) is 0 Å². The van der Waals surface area contributed by atoms with E-state index in [-0.39, 0.29) is 12.1 Å². The summed E-state index contributed by atoms with van der Waals surface area (Å²) in [6.07, 6.45) is 3.36. The van der Waals surface area contributed by atoms with E-state index in [1.54, 1.807) is 4.68 Å². The Kier molecular flexibility index (Phi) is 5.57. The minimum atomic E-state index is -0.574. The standard InChI is InChI=1S/C17H25N3O2/c1-12(2)22-16-7-5-6-14(8-16)17(21)10-18-13(3)15-9-19-20(4)11-15/h5-9,11-13,17-18,21H,10H2,1-4H3. The second-order valence-corrected chi connectivity index (χ2v) is 5.83. The fourth-order valence-electron chi connectivity index (χ4n) is 2.26. The summed E-state index contributed by atoms with van der Waals surface area (Å²) in [5, 5.41) is 17.8. The van der Waals surface area contributed by atoms with E-state index < -0.39 is 6.10 Å². The molecule has 0 bridgehead atoms. The second-order valence-electron chi connectivity index (χ2n) is 5.83. The van der Waals surface area contributed by atoms with Crippen LogP contribution in [0.25, 0.3) is 0 Å². The van der Waals surface area contributed by atoms with Gasteiger partial charge in [-0.1, -0.05) is 12.1 Å². The highest BCUT2D eigenvalue weighted by molar-refractivity contribution is 5.30. The number of rotatable bonds is 7. The Hall–Kier alpha value is -1.85. The van der Waals surface area contributed by atoms with Crippen LogP contribution in [-0.4, -0.2) is 27.5 Å². The lowest BCUT2D eigenvalue weighted by Crippen LogP contribution is -2.24. The number of aliphatic hydroxyl groups excluding tert-OH is 1. The summed E-state index contributed by atoms with van der Waals surface area (Å²) in [5.41, 5.74) is 1.95. The molecule has 0 fully saturated rings. The lowest BCUT2D eigenvalue weighted by atomic mass is 10.1. The highest BCUT2D eigenvalue weighted by Crippen LogP contribution is 2.21. The van der Waals surface area contributed by atoms with Crippen LogP contribution in [0.1, 0.15) is 44.0 Å². The predicted octanol–water partition coefficient (Wildman–Crippen LogP) is 2.59. The monoisotopic (exact) mass is 303 g/mol. The number of ether oxygens (including phenoxy) is 1. The molecule has 1 aromatic carbocycles. The summed E-state index contributed by atoms with van der Waals surface area (Å²) in [6.45, 7) is 6.50. The molecule has 5 nitrogen and oxygen atoms in total. The zero-order valence-electron chi connectivity index (χ0n) is 13.7. The molecule has 5 heteroatoms.